The number of hydrogen-bond acceptors (Lipinski definition) is 24. The van der Waals surface area contributed by atoms with Gasteiger partial charge in [-0.3, -0.25) is 0 Å². The van der Waals surface area contributed by atoms with E-state index in [1.165, 1.54) is 14.7 Å². The number of rotatable bonds is 9. The number of tetrazole rings is 6. The maximum Gasteiger partial charge on any atom is 0.256 e. The molecule has 6 N–H and O–H groups in total. The van der Waals surface area contributed by atoms with Crippen molar-refractivity contribution in [1.29, 1.82) is 0 Å². The first-order valence-corrected chi connectivity index (χ1v) is 9.94. The third-order valence-electron chi connectivity index (χ3n) is 4.48. The highest BCUT2D eigenvalue weighted by atomic mass is 15.6. The van der Waals surface area contributed by atoms with Crippen molar-refractivity contribution in [2.75, 3.05) is 14.7 Å². The average molecular weight is 534 g/mol. The van der Waals surface area contributed by atoms with Gasteiger partial charge in [0.2, 0.25) is 17.8 Å². The van der Waals surface area contributed by atoms with Gasteiger partial charge >= 0.3 is 0 Å². The molecule has 0 fully saturated rings. The van der Waals surface area contributed by atoms with Crippen molar-refractivity contribution in [2.24, 2.45) is 0 Å². The predicted octanol–water partition coefficient (Wildman–Crippen LogP) is -4.64. The van der Waals surface area contributed by atoms with Crippen LogP contribution in [0.3, 0.4) is 0 Å². The molecule has 0 radical (unpaired) electrons. The highest BCUT2D eigenvalue weighted by molar-refractivity contribution is 5.70. The molecule has 0 spiro atoms. The summed E-state index contributed by atoms with van der Waals surface area (Å²) in [5.74, 6) is -0.369. The molecule has 0 aromatic carbocycles. The third kappa shape index (κ3) is 3.73. The Labute approximate surface area is 207 Å². The van der Waals surface area contributed by atoms with E-state index in [1.54, 1.807) is 0 Å². The minimum absolute atomic E-state index is 0.0140. The summed E-state index contributed by atoms with van der Waals surface area (Å²) in [4.78, 5) is 17.3. The fraction of sp³-hybridized carbons (Fsp3) is 0. The topological polar surface area (TPSA) is 375 Å². The molecule has 39 heavy (non-hydrogen) atoms. The molecular weight excluding hydrogens is 528 g/mol. The second-order valence-corrected chi connectivity index (χ2v) is 6.59. The van der Waals surface area contributed by atoms with Gasteiger partial charge in [-0.15, -0.1) is 0 Å². The van der Waals surface area contributed by atoms with Crippen molar-refractivity contribution in [2.45, 2.75) is 0 Å². The number of aromatic amines is 6. The van der Waals surface area contributed by atoms with Gasteiger partial charge in [0.05, 0.1) is 0 Å². The predicted molar refractivity (Wildman–Crippen MR) is 110 cm³/mol. The van der Waals surface area contributed by atoms with Gasteiger partial charge in [-0.25, -0.2) is 45.3 Å². The number of hydrogen-bond donors (Lipinski definition) is 6. The Kier molecular flexibility index (Phi) is 4.77. The van der Waals surface area contributed by atoms with Crippen LogP contribution < -0.4 is 14.7 Å². The number of H-pyrrole nitrogens is 6. The Balaban J connectivity index is 1.49. The van der Waals surface area contributed by atoms with Crippen LogP contribution in [-0.2, 0) is 0 Å². The van der Waals surface area contributed by atoms with E-state index in [0.29, 0.717) is 0 Å². The number of nitrogens with one attached hydrogen (secondary N) is 6. The van der Waals surface area contributed by atoms with Crippen LogP contribution in [0.5, 0.6) is 0 Å². The lowest BCUT2D eigenvalue weighted by Crippen LogP contribution is -2.25. The van der Waals surface area contributed by atoms with Crippen molar-refractivity contribution in [1.82, 2.24) is 139 Å². The van der Waals surface area contributed by atoms with Crippen LogP contribution in [0.1, 0.15) is 0 Å². The Morgan fingerprint density at radius 1 is 0.308 bits per heavy atom. The standard InChI is InChI=1S/C9H6N30/c10-1(37(4-13-25-26-14-4)5-15-27-28-16-5)11-3(39(8-21-33-34-22-8)9-23-35-36-24-9)12-2(10)38(6-17-29-30-18-6)7-19-31-32-20-7/h(H,13,14,25,26)(H,15,16,27,28)(H,17,18,29,30)(H,19,20,31,32)(H,21,22,33,34)(H,23,24,35,36). The zero-order valence-electron chi connectivity index (χ0n) is 18.2. The average Bonchev–Trinajstić information content (AvgIpc) is 3.80. The summed E-state index contributed by atoms with van der Waals surface area (Å²) in [5, 5.41) is 82.1. The number of nitrogens with zero attached hydrogens (tertiary/aromatic N) is 24. The molecule has 0 unspecified atom stereocenters. The van der Waals surface area contributed by atoms with E-state index in [2.05, 4.69) is 139 Å². The molecule has 0 aliphatic rings. The summed E-state index contributed by atoms with van der Waals surface area (Å²) in [6.45, 7) is 0. The van der Waals surface area contributed by atoms with Gasteiger partial charge in [0.1, 0.15) is 0 Å². The molecule has 0 bridgehead atoms. The second kappa shape index (κ2) is 8.80. The third-order valence-corrected chi connectivity index (χ3v) is 4.48. The lowest BCUT2D eigenvalue weighted by Gasteiger charge is -2.22. The second-order valence-electron chi connectivity index (χ2n) is 6.59. The molecule has 0 aliphatic carbocycles. The molecule has 30 nitrogen and oxygen atoms in total. The lowest BCUT2D eigenvalue weighted by molar-refractivity contribution is 0.881. The quantitative estimate of drug-likeness (QED) is 0.101. The summed E-state index contributed by atoms with van der Waals surface area (Å²) in [6, 6.07) is 0. The number of anilines is 9. The summed E-state index contributed by atoms with van der Waals surface area (Å²) in [6.07, 6.45) is 0. The largest absolute Gasteiger partial charge is 0.256 e. The first-order valence-electron chi connectivity index (χ1n) is 9.94. The zero-order chi connectivity index (χ0) is 26.0. The van der Waals surface area contributed by atoms with E-state index in [-0.39, 0.29) is 53.5 Å². The van der Waals surface area contributed by atoms with Gasteiger partial charge in [-0.2, -0.15) is 15.0 Å². The van der Waals surface area contributed by atoms with E-state index < -0.39 is 0 Å². The molecule has 0 atom stereocenters. The van der Waals surface area contributed by atoms with Gasteiger partial charge in [-0.05, 0) is 62.6 Å². The number of aromatic nitrogens is 27. The molecule has 7 aromatic heterocycles. The Morgan fingerprint density at radius 3 is 0.667 bits per heavy atom. The van der Waals surface area contributed by atoms with E-state index >= 15 is 0 Å². The molecule has 7 rings (SSSR count). The summed E-state index contributed by atoms with van der Waals surface area (Å²) in [5.41, 5.74) is 0. The van der Waals surface area contributed by atoms with Gasteiger partial charge < -0.3 is 0 Å². The van der Waals surface area contributed by atoms with Crippen LogP contribution in [0.15, 0.2) is 0 Å². The summed E-state index contributed by atoms with van der Waals surface area (Å²) < 4.78 is 0. The molecule has 0 saturated heterocycles. The maximum atomic E-state index is 4.52. The normalized spacial score (nSPS) is 11.1. The van der Waals surface area contributed by atoms with Gasteiger partial charge in [0, 0.05) is 0 Å². The van der Waals surface area contributed by atoms with Crippen molar-refractivity contribution in [3.8, 4) is 0 Å². The van der Waals surface area contributed by atoms with E-state index in [4.69, 9.17) is 0 Å². The summed E-state index contributed by atoms with van der Waals surface area (Å²) >= 11 is 0. The van der Waals surface area contributed by atoms with Crippen LogP contribution in [0.25, 0.3) is 0 Å². The van der Waals surface area contributed by atoms with Crippen LogP contribution in [0.4, 0.5) is 53.5 Å². The van der Waals surface area contributed by atoms with E-state index in [0.717, 1.165) is 0 Å². The molecule has 7 aromatic rings. The minimum Gasteiger partial charge on any atom is -0.224 e. The first-order chi connectivity index (χ1) is 19.3. The maximum absolute atomic E-state index is 4.52. The fourth-order valence-corrected chi connectivity index (χ4v) is 3.01. The highest BCUT2D eigenvalue weighted by Gasteiger charge is 2.31. The molecule has 192 valence electrons. The van der Waals surface area contributed by atoms with Crippen LogP contribution in [0.2, 0.25) is 0 Å². The summed E-state index contributed by atoms with van der Waals surface area (Å²) in [7, 11) is 0. The lowest BCUT2D eigenvalue weighted by atomic mass is 10.6. The van der Waals surface area contributed by atoms with E-state index in [9.17, 15) is 0 Å². The van der Waals surface area contributed by atoms with Crippen LogP contribution in [0, 0.1) is 0 Å². The molecule has 30 heteroatoms. The minimum atomic E-state index is -0.151. The Bertz CT molecular complexity index is 1370. The monoisotopic (exact) mass is 534 g/mol. The highest BCUT2D eigenvalue weighted by Crippen LogP contribution is 2.34. The van der Waals surface area contributed by atoms with Crippen LogP contribution >= 0.6 is 0 Å². The molecule has 0 amide bonds. The van der Waals surface area contributed by atoms with Crippen molar-refractivity contribution in [3.05, 3.63) is 0 Å². The molecule has 0 aliphatic heterocycles. The molecule has 7 heterocycles. The Morgan fingerprint density at radius 2 is 0.513 bits per heavy atom. The smallest absolute Gasteiger partial charge is 0.224 e. The van der Waals surface area contributed by atoms with Crippen molar-refractivity contribution >= 4 is 53.5 Å². The Hall–Kier alpha value is -7.17. The van der Waals surface area contributed by atoms with Gasteiger partial charge in [0.25, 0.3) is 35.7 Å². The molecule has 0 saturated carbocycles. The first kappa shape index (κ1) is 21.1. The SMILES string of the molecule is n1n[nH]c(N(c2nc(N(c3nnn[nH]3)c3nnn[nH]3)nc(N(c3nnn[nH]3)c3nnn[nH]3)n2)c2nnn[nH]2)n1. The van der Waals surface area contributed by atoms with Crippen LogP contribution in [-0.4, -0.2) is 139 Å². The van der Waals surface area contributed by atoms with Gasteiger partial charge in [0.15, 0.2) is 0 Å². The van der Waals surface area contributed by atoms with Crippen molar-refractivity contribution < 1.29 is 0 Å². The zero-order valence-corrected chi connectivity index (χ0v) is 18.2. The van der Waals surface area contributed by atoms with Crippen molar-refractivity contribution in [3.63, 3.8) is 0 Å². The fourth-order valence-electron chi connectivity index (χ4n) is 3.01. The van der Waals surface area contributed by atoms with Gasteiger partial charge in [-0.1, -0.05) is 30.6 Å². The molecular formula is C9H6N30. The van der Waals surface area contributed by atoms with E-state index in [1.807, 2.05) is 0 Å².